The number of hydrogen-bond acceptors (Lipinski definition) is 6. The number of carbonyl (C=O) groups is 1. The molecule has 166 valence electrons. The van der Waals surface area contributed by atoms with Crippen molar-refractivity contribution in [2.45, 2.75) is 32.2 Å². The Morgan fingerprint density at radius 3 is 2.41 bits per heavy atom. The molecule has 0 radical (unpaired) electrons. The van der Waals surface area contributed by atoms with Crippen LogP contribution in [0.2, 0.25) is 0 Å². The van der Waals surface area contributed by atoms with Gasteiger partial charge in [0.2, 0.25) is 0 Å². The van der Waals surface area contributed by atoms with Crippen molar-refractivity contribution in [1.29, 1.82) is 0 Å². The van der Waals surface area contributed by atoms with Crippen molar-refractivity contribution in [1.82, 2.24) is 19.7 Å². The molecule has 1 saturated carbocycles. The van der Waals surface area contributed by atoms with Crippen molar-refractivity contribution in [2.75, 3.05) is 13.2 Å². The summed E-state index contributed by atoms with van der Waals surface area (Å²) in [7, 11) is 0. The lowest BCUT2D eigenvalue weighted by molar-refractivity contribution is -0.142. The van der Waals surface area contributed by atoms with Crippen molar-refractivity contribution >= 4 is 5.97 Å². The number of nitrogens with zero attached hydrogens (tertiary/aromatic N) is 4. The van der Waals surface area contributed by atoms with Crippen LogP contribution in [0, 0.1) is 11.8 Å². The van der Waals surface area contributed by atoms with Crippen LogP contribution in [0.25, 0.3) is 22.5 Å². The molecule has 8 heteroatoms. The summed E-state index contributed by atoms with van der Waals surface area (Å²) in [5, 5.41) is 13.4. The topological polar surface area (TPSA) is 107 Å². The lowest BCUT2D eigenvalue weighted by Crippen LogP contribution is -2.31. The van der Waals surface area contributed by atoms with E-state index < -0.39 is 5.97 Å². The Balaban J connectivity index is 1.52. The molecule has 0 saturated heterocycles. The molecule has 8 nitrogen and oxygen atoms in total. The van der Waals surface area contributed by atoms with Crippen LogP contribution in [0.5, 0.6) is 0 Å². The highest BCUT2D eigenvalue weighted by atomic mass is 16.5. The van der Waals surface area contributed by atoms with Gasteiger partial charge < -0.3 is 9.84 Å². The van der Waals surface area contributed by atoms with E-state index >= 15 is 0 Å². The molecule has 0 atom stereocenters. The molecule has 3 aromatic rings. The number of aliphatic carboxylic acids is 1. The second kappa shape index (κ2) is 10.3. The summed E-state index contributed by atoms with van der Waals surface area (Å²) in [5.41, 5.74) is 2.48. The van der Waals surface area contributed by atoms with Gasteiger partial charge in [-0.2, -0.15) is 10.1 Å². The Hall–Kier alpha value is -3.39. The molecule has 1 fully saturated rings. The summed E-state index contributed by atoms with van der Waals surface area (Å²) in [4.78, 5) is 32.0. The third-order valence-electron chi connectivity index (χ3n) is 5.83. The van der Waals surface area contributed by atoms with Crippen molar-refractivity contribution in [2.24, 2.45) is 11.8 Å². The van der Waals surface area contributed by atoms with Crippen LogP contribution < -0.4 is 5.69 Å². The fourth-order valence-corrected chi connectivity index (χ4v) is 4.17. The average molecular weight is 434 g/mol. The van der Waals surface area contributed by atoms with Crippen LogP contribution in [0.15, 0.2) is 59.7 Å². The van der Waals surface area contributed by atoms with Crippen LogP contribution in [0.3, 0.4) is 0 Å². The Morgan fingerprint density at radius 1 is 1.00 bits per heavy atom. The first-order chi connectivity index (χ1) is 15.6. The molecule has 0 aliphatic heterocycles. The number of benzene rings is 1. The van der Waals surface area contributed by atoms with Crippen LogP contribution in [0.4, 0.5) is 0 Å². The molecule has 32 heavy (non-hydrogen) atoms. The number of hydrogen-bond donors (Lipinski definition) is 1. The maximum absolute atomic E-state index is 12.8. The molecule has 0 unspecified atom stereocenters. The Kier molecular flexibility index (Phi) is 7.01. The van der Waals surface area contributed by atoms with E-state index in [1.165, 1.54) is 4.68 Å². The number of carboxylic acid groups (broad SMARTS) is 1. The van der Waals surface area contributed by atoms with E-state index in [1.807, 2.05) is 42.5 Å². The van der Waals surface area contributed by atoms with Crippen molar-refractivity contribution in [3.8, 4) is 22.5 Å². The average Bonchev–Trinajstić information content (AvgIpc) is 2.82. The molecule has 2 aromatic heterocycles. The van der Waals surface area contributed by atoms with Crippen LogP contribution in [-0.4, -0.2) is 44.0 Å². The van der Waals surface area contributed by atoms with E-state index in [-0.39, 0.29) is 12.3 Å². The molecule has 2 heterocycles. The second-order valence-electron chi connectivity index (χ2n) is 8.18. The predicted octanol–water partition coefficient (Wildman–Crippen LogP) is 3.27. The highest BCUT2D eigenvalue weighted by Crippen LogP contribution is 2.31. The van der Waals surface area contributed by atoms with Gasteiger partial charge in [-0.05, 0) is 49.7 Å². The normalized spacial score (nSPS) is 18.4. The van der Waals surface area contributed by atoms with Crippen LogP contribution in [-0.2, 0) is 16.1 Å². The van der Waals surface area contributed by atoms with Crippen molar-refractivity contribution in [3.63, 3.8) is 0 Å². The van der Waals surface area contributed by atoms with Crippen LogP contribution >= 0.6 is 0 Å². The smallest absolute Gasteiger partial charge is 0.364 e. The van der Waals surface area contributed by atoms with E-state index in [2.05, 4.69) is 9.97 Å². The van der Waals surface area contributed by atoms with Crippen LogP contribution in [0.1, 0.15) is 25.7 Å². The van der Waals surface area contributed by atoms with Gasteiger partial charge in [-0.15, -0.1) is 0 Å². The molecule has 0 amide bonds. The van der Waals surface area contributed by atoms with Crippen molar-refractivity contribution in [3.05, 3.63) is 65.3 Å². The van der Waals surface area contributed by atoms with E-state index in [4.69, 9.17) is 14.9 Å². The lowest BCUT2D eigenvalue weighted by atomic mass is 9.82. The number of rotatable bonds is 8. The second-order valence-corrected chi connectivity index (χ2v) is 8.18. The first-order valence-corrected chi connectivity index (χ1v) is 10.8. The van der Waals surface area contributed by atoms with Gasteiger partial charge in [0.25, 0.3) is 0 Å². The van der Waals surface area contributed by atoms with E-state index in [0.717, 1.165) is 36.8 Å². The highest BCUT2D eigenvalue weighted by molar-refractivity contribution is 5.76. The first kappa shape index (κ1) is 21.8. The molecule has 1 N–H and O–H groups in total. The molecule has 0 bridgehead atoms. The standard InChI is InChI=1S/C24H26N4O4/c29-21(30)16-32-15-18-10-8-17(9-11-18)14-28-24(31)26-22(20-7-4-12-25-13-20)23(27-28)19-5-2-1-3-6-19/h1-7,12-13,17-18H,8-11,14-16H2,(H,29,30). The number of aromatic nitrogens is 4. The molecule has 1 aromatic carbocycles. The fourth-order valence-electron chi connectivity index (χ4n) is 4.17. The summed E-state index contributed by atoms with van der Waals surface area (Å²) in [6, 6.07) is 13.4. The minimum absolute atomic E-state index is 0.254. The fraction of sp³-hybridized carbons (Fsp3) is 0.375. The Bertz CT molecular complexity index is 1090. The molecule has 0 spiro atoms. The molecular formula is C24H26N4O4. The zero-order valence-corrected chi connectivity index (χ0v) is 17.8. The zero-order chi connectivity index (χ0) is 22.3. The Labute approximate surface area is 185 Å². The van der Waals surface area contributed by atoms with Gasteiger partial charge in [-0.1, -0.05) is 30.3 Å². The summed E-state index contributed by atoms with van der Waals surface area (Å²) in [6.07, 6.45) is 7.16. The summed E-state index contributed by atoms with van der Waals surface area (Å²) < 4.78 is 6.73. The summed E-state index contributed by atoms with van der Waals surface area (Å²) >= 11 is 0. The summed E-state index contributed by atoms with van der Waals surface area (Å²) in [6.45, 7) is 0.731. The third-order valence-corrected chi connectivity index (χ3v) is 5.83. The predicted molar refractivity (Wildman–Crippen MR) is 119 cm³/mol. The minimum Gasteiger partial charge on any atom is -0.480 e. The first-order valence-electron chi connectivity index (χ1n) is 10.8. The molecule has 4 rings (SSSR count). The van der Waals surface area contributed by atoms with Gasteiger partial charge >= 0.3 is 11.7 Å². The van der Waals surface area contributed by atoms with Gasteiger partial charge in [-0.3, -0.25) is 4.98 Å². The van der Waals surface area contributed by atoms with E-state index in [1.54, 1.807) is 12.4 Å². The largest absolute Gasteiger partial charge is 0.480 e. The van der Waals surface area contributed by atoms with E-state index in [9.17, 15) is 9.59 Å². The Morgan fingerprint density at radius 2 is 1.72 bits per heavy atom. The van der Waals surface area contributed by atoms with Gasteiger partial charge in [0, 0.05) is 30.1 Å². The van der Waals surface area contributed by atoms with Crippen molar-refractivity contribution < 1.29 is 14.6 Å². The molecular weight excluding hydrogens is 408 g/mol. The SMILES string of the molecule is O=C(O)COCC1CCC(Cn2nc(-c3ccccc3)c(-c3cccnc3)nc2=O)CC1. The van der Waals surface area contributed by atoms with E-state index in [0.29, 0.717) is 36.4 Å². The van der Waals surface area contributed by atoms with Gasteiger partial charge in [-0.25, -0.2) is 14.3 Å². The maximum atomic E-state index is 12.8. The van der Waals surface area contributed by atoms with Gasteiger partial charge in [0.05, 0.1) is 6.61 Å². The number of ether oxygens (including phenoxy) is 1. The number of carboxylic acids is 1. The summed E-state index contributed by atoms with van der Waals surface area (Å²) in [5.74, 6) is -0.257. The minimum atomic E-state index is -0.944. The highest BCUT2D eigenvalue weighted by Gasteiger charge is 2.23. The maximum Gasteiger partial charge on any atom is 0.364 e. The number of pyridine rings is 1. The monoisotopic (exact) mass is 434 g/mol. The quantitative estimate of drug-likeness (QED) is 0.580. The molecule has 1 aliphatic rings. The van der Waals surface area contributed by atoms with Gasteiger partial charge in [0.15, 0.2) is 0 Å². The van der Waals surface area contributed by atoms with Gasteiger partial charge in [0.1, 0.15) is 18.0 Å². The lowest BCUT2D eigenvalue weighted by Gasteiger charge is -2.28. The zero-order valence-electron chi connectivity index (χ0n) is 17.8. The third kappa shape index (κ3) is 5.45. The molecule has 1 aliphatic carbocycles.